The molecular weight excluding hydrogens is 278 g/mol. The zero-order chi connectivity index (χ0) is 15.8. The smallest absolute Gasteiger partial charge is 0.119 e. The molecule has 1 unspecified atom stereocenters. The number of ether oxygens (including phenoxy) is 2. The first-order valence-corrected chi connectivity index (χ1v) is 8.30. The van der Waals surface area contributed by atoms with Gasteiger partial charge in [-0.3, -0.25) is 4.90 Å². The van der Waals surface area contributed by atoms with E-state index in [1.165, 1.54) is 5.56 Å². The summed E-state index contributed by atoms with van der Waals surface area (Å²) in [5, 5.41) is 9.67. The lowest BCUT2D eigenvalue weighted by molar-refractivity contribution is 0.0695. The van der Waals surface area contributed by atoms with Gasteiger partial charge >= 0.3 is 0 Å². The first-order valence-electron chi connectivity index (χ1n) is 8.30. The summed E-state index contributed by atoms with van der Waals surface area (Å²) in [5.74, 6) is 1.40. The number of benzene rings is 1. The molecule has 0 amide bonds. The molecule has 22 heavy (non-hydrogen) atoms. The van der Waals surface area contributed by atoms with Crippen LogP contribution in [0.25, 0.3) is 0 Å². The normalized spacial score (nSPS) is 18.3. The molecule has 0 saturated carbocycles. The molecule has 1 saturated heterocycles. The zero-order valence-corrected chi connectivity index (χ0v) is 13.8. The monoisotopic (exact) mass is 307 g/mol. The summed E-state index contributed by atoms with van der Waals surface area (Å²) in [5.41, 5.74) is 1.29. The average Bonchev–Trinajstić information content (AvgIpc) is 2.52. The minimum absolute atomic E-state index is 0.175. The van der Waals surface area contributed by atoms with Crippen molar-refractivity contribution in [2.75, 3.05) is 33.4 Å². The van der Waals surface area contributed by atoms with Crippen LogP contribution in [0.3, 0.4) is 0 Å². The maximum atomic E-state index is 9.67. The Hall–Kier alpha value is -1.10. The molecule has 2 rings (SSSR count). The molecule has 1 fully saturated rings. The van der Waals surface area contributed by atoms with Gasteiger partial charge in [0.1, 0.15) is 5.75 Å². The largest absolute Gasteiger partial charge is 0.493 e. The molecule has 4 nitrogen and oxygen atoms in total. The Labute approximate surface area is 134 Å². The number of likely N-dealkylation sites (tertiary alicyclic amines) is 1. The van der Waals surface area contributed by atoms with Crippen LogP contribution in [-0.2, 0) is 11.3 Å². The van der Waals surface area contributed by atoms with E-state index in [1.54, 1.807) is 7.11 Å². The van der Waals surface area contributed by atoms with Gasteiger partial charge in [-0.15, -0.1) is 0 Å². The van der Waals surface area contributed by atoms with Gasteiger partial charge in [0.15, 0.2) is 0 Å². The van der Waals surface area contributed by atoms with E-state index < -0.39 is 0 Å². The quantitative estimate of drug-likeness (QED) is 0.750. The fraction of sp³-hybridized carbons (Fsp3) is 0.667. The molecule has 1 aromatic carbocycles. The minimum Gasteiger partial charge on any atom is -0.493 e. The van der Waals surface area contributed by atoms with Gasteiger partial charge < -0.3 is 14.6 Å². The van der Waals surface area contributed by atoms with Crippen LogP contribution in [0.5, 0.6) is 5.75 Å². The molecule has 4 heteroatoms. The van der Waals surface area contributed by atoms with Crippen LogP contribution in [0, 0.1) is 5.92 Å². The Morgan fingerprint density at radius 1 is 1.27 bits per heavy atom. The summed E-state index contributed by atoms with van der Waals surface area (Å²) in [6.45, 7) is 6.42. The van der Waals surface area contributed by atoms with Gasteiger partial charge in [0.2, 0.25) is 0 Å². The van der Waals surface area contributed by atoms with Crippen molar-refractivity contribution < 1.29 is 14.6 Å². The predicted molar refractivity (Wildman–Crippen MR) is 88.1 cm³/mol. The summed E-state index contributed by atoms with van der Waals surface area (Å²) in [4.78, 5) is 2.46. The molecule has 1 aliphatic heterocycles. The minimum atomic E-state index is -0.175. The Kier molecular flexibility index (Phi) is 7.16. The van der Waals surface area contributed by atoms with Crippen molar-refractivity contribution in [3.05, 3.63) is 29.8 Å². The van der Waals surface area contributed by atoms with E-state index in [0.29, 0.717) is 12.5 Å². The number of hydrogen-bond donors (Lipinski definition) is 1. The number of piperidine rings is 1. The second kappa shape index (κ2) is 9.13. The molecule has 0 bridgehead atoms. The van der Waals surface area contributed by atoms with Crippen molar-refractivity contribution in [1.29, 1.82) is 0 Å². The molecule has 0 aromatic heterocycles. The number of methoxy groups -OCH3 is 1. The fourth-order valence-corrected chi connectivity index (χ4v) is 2.98. The van der Waals surface area contributed by atoms with Crippen molar-refractivity contribution in [3.63, 3.8) is 0 Å². The lowest BCUT2D eigenvalue weighted by atomic mass is 9.92. The molecule has 1 heterocycles. The Balaban J connectivity index is 1.78. The van der Waals surface area contributed by atoms with Crippen LogP contribution in [0.1, 0.15) is 31.7 Å². The van der Waals surface area contributed by atoms with Gasteiger partial charge in [0, 0.05) is 26.7 Å². The maximum Gasteiger partial charge on any atom is 0.119 e. The van der Waals surface area contributed by atoms with E-state index in [9.17, 15) is 5.11 Å². The van der Waals surface area contributed by atoms with E-state index in [1.807, 2.05) is 13.0 Å². The summed E-state index contributed by atoms with van der Waals surface area (Å²) in [7, 11) is 1.71. The van der Waals surface area contributed by atoms with Gasteiger partial charge in [-0.05, 0) is 56.5 Å². The molecule has 1 N–H and O–H groups in total. The Bertz CT molecular complexity index is 428. The van der Waals surface area contributed by atoms with Crippen LogP contribution in [0.4, 0.5) is 0 Å². The molecule has 0 radical (unpaired) electrons. The van der Waals surface area contributed by atoms with Crippen LogP contribution in [-0.4, -0.2) is 49.5 Å². The van der Waals surface area contributed by atoms with Crippen LogP contribution in [0.2, 0.25) is 0 Å². The highest BCUT2D eigenvalue weighted by Crippen LogP contribution is 2.23. The number of aliphatic hydroxyl groups excluding tert-OH is 1. The molecule has 124 valence electrons. The molecule has 0 spiro atoms. The third kappa shape index (κ3) is 5.59. The molecular formula is C18H29NO3. The summed E-state index contributed by atoms with van der Waals surface area (Å²) in [6.07, 6.45) is 2.91. The molecule has 0 aliphatic carbocycles. The van der Waals surface area contributed by atoms with Crippen LogP contribution in [0.15, 0.2) is 24.3 Å². The summed E-state index contributed by atoms with van der Waals surface area (Å²) in [6, 6.07) is 8.36. The van der Waals surface area contributed by atoms with E-state index in [2.05, 4.69) is 23.1 Å². The standard InChI is InChI=1S/C18H29NO3/c1-15(20)17-7-9-19(10-8-17)14-16-5-3-6-18(13-16)22-12-4-11-21-2/h3,5-6,13,15,17,20H,4,7-12,14H2,1-2H3. The lowest BCUT2D eigenvalue weighted by Crippen LogP contribution is -2.36. The topological polar surface area (TPSA) is 41.9 Å². The summed E-state index contributed by atoms with van der Waals surface area (Å²) < 4.78 is 10.8. The van der Waals surface area contributed by atoms with Crippen molar-refractivity contribution in [1.82, 2.24) is 4.90 Å². The van der Waals surface area contributed by atoms with Crippen LogP contribution >= 0.6 is 0 Å². The number of hydrogen-bond acceptors (Lipinski definition) is 4. The maximum absolute atomic E-state index is 9.67. The number of rotatable bonds is 8. The first-order chi connectivity index (χ1) is 10.7. The molecule has 1 aliphatic rings. The van der Waals surface area contributed by atoms with Gasteiger partial charge in [-0.1, -0.05) is 12.1 Å². The van der Waals surface area contributed by atoms with Crippen molar-refractivity contribution >= 4 is 0 Å². The highest BCUT2D eigenvalue weighted by Gasteiger charge is 2.22. The van der Waals surface area contributed by atoms with E-state index >= 15 is 0 Å². The van der Waals surface area contributed by atoms with E-state index in [-0.39, 0.29) is 6.10 Å². The average molecular weight is 307 g/mol. The highest BCUT2D eigenvalue weighted by atomic mass is 16.5. The number of nitrogens with zero attached hydrogens (tertiary/aromatic N) is 1. The molecule has 1 atom stereocenters. The van der Waals surface area contributed by atoms with Gasteiger partial charge in [-0.25, -0.2) is 0 Å². The lowest BCUT2D eigenvalue weighted by Gasteiger charge is -2.33. The predicted octanol–water partition coefficient (Wildman–Crippen LogP) is 2.69. The first kappa shape index (κ1) is 17.3. The SMILES string of the molecule is COCCCOc1cccc(CN2CCC(C(C)O)CC2)c1. The number of aliphatic hydroxyl groups is 1. The fourth-order valence-electron chi connectivity index (χ4n) is 2.98. The second-order valence-corrected chi connectivity index (χ2v) is 6.20. The van der Waals surface area contributed by atoms with Crippen molar-refractivity contribution in [2.45, 2.75) is 38.8 Å². The summed E-state index contributed by atoms with van der Waals surface area (Å²) >= 11 is 0. The third-order valence-corrected chi connectivity index (χ3v) is 4.38. The zero-order valence-electron chi connectivity index (χ0n) is 13.8. The second-order valence-electron chi connectivity index (χ2n) is 6.20. The Morgan fingerprint density at radius 3 is 2.73 bits per heavy atom. The van der Waals surface area contributed by atoms with Crippen molar-refractivity contribution in [2.24, 2.45) is 5.92 Å². The van der Waals surface area contributed by atoms with E-state index in [4.69, 9.17) is 9.47 Å². The van der Waals surface area contributed by atoms with Crippen LogP contribution < -0.4 is 4.74 Å². The third-order valence-electron chi connectivity index (χ3n) is 4.38. The van der Waals surface area contributed by atoms with Gasteiger partial charge in [0.05, 0.1) is 12.7 Å². The highest BCUT2D eigenvalue weighted by molar-refractivity contribution is 5.28. The van der Waals surface area contributed by atoms with Crippen molar-refractivity contribution in [3.8, 4) is 5.75 Å². The molecule has 1 aromatic rings. The van der Waals surface area contributed by atoms with E-state index in [0.717, 1.165) is 51.3 Å². The van der Waals surface area contributed by atoms with Gasteiger partial charge in [0.25, 0.3) is 0 Å². The Morgan fingerprint density at radius 2 is 2.05 bits per heavy atom. The van der Waals surface area contributed by atoms with Gasteiger partial charge in [-0.2, -0.15) is 0 Å².